The van der Waals surface area contributed by atoms with E-state index in [9.17, 15) is 17.6 Å². The van der Waals surface area contributed by atoms with Gasteiger partial charge in [-0.3, -0.25) is 0 Å². The van der Waals surface area contributed by atoms with Gasteiger partial charge in [-0.25, -0.2) is 8.78 Å². The molecule has 0 aliphatic rings. The fourth-order valence-corrected chi connectivity index (χ4v) is 3.84. The second-order valence-electron chi connectivity index (χ2n) is 6.27. The normalized spacial score (nSPS) is 11.2. The van der Waals surface area contributed by atoms with Crippen molar-refractivity contribution in [3.8, 4) is 11.8 Å². The Labute approximate surface area is 138 Å². The Bertz CT molecular complexity index is 796. The molecule has 0 radical (unpaired) electrons. The van der Waals surface area contributed by atoms with Crippen molar-refractivity contribution in [1.82, 2.24) is 0 Å². The molecule has 0 aromatic heterocycles. The molecule has 0 amide bonds. The lowest BCUT2D eigenvalue weighted by Crippen LogP contribution is -2.44. The van der Waals surface area contributed by atoms with E-state index in [2.05, 4.69) is 0 Å². The van der Waals surface area contributed by atoms with E-state index in [1.165, 1.54) is 12.1 Å². The summed E-state index contributed by atoms with van der Waals surface area (Å²) in [6, 6.07) is 8.16. The van der Waals surface area contributed by atoms with Crippen molar-refractivity contribution in [2.75, 3.05) is 0 Å². The Morgan fingerprint density at radius 3 is 2.00 bits per heavy atom. The van der Waals surface area contributed by atoms with Gasteiger partial charge in [0.25, 0.3) is 0 Å². The summed E-state index contributed by atoms with van der Waals surface area (Å²) in [6.45, 7) is 4.36. The molecular weight excluding hydrogens is 338 g/mol. The van der Waals surface area contributed by atoms with Crippen molar-refractivity contribution >= 4 is 13.3 Å². The minimum atomic E-state index is -2.64. The van der Waals surface area contributed by atoms with Crippen LogP contribution in [0.3, 0.4) is 0 Å². The second-order valence-corrected chi connectivity index (χ2v) is 11.3. The molecule has 0 spiro atoms. The van der Waals surface area contributed by atoms with Gasteiger partial charge >= 0.3 is 0 Å². The van der Waals surface area contributed by atoms with Gasteiger partial charge in [-0.05, 0) is 6.07 Å². The van der Waals surface area contributed by atoms with Gasteiger partial charge in [-0.2, -0.15) is 14.0 Å². The van der Waals surface area contributed by atoms with Gasteiger partial charge in [0.05, 0.1) is 19.7 Å². The van der Waals surface area contributed by atoms with Gasteiger partial charge in [0.1, 0.15) is 6.61 Å². The Morgan fingerprint density at radius 2 is 1.50 bits per heavy atom. The second kappa shape index (κ2) is 6.65. The molecule has 0 heterocycles. The zero-order valence-electron chi connectivity index (χ0n) is 13.4. The van der Waals surface area contributed by atoms with Crippen LogP contribution in [-0.4, -0.2) is 8.07 Å². The number of ether oxygens (including phenoxy) is 1. The van der Waals surface area contributed by atoms with Crippen molar-refractivity contribution < 1.29 is 22.3 Å². The predicted molar refractivity (Wildman–Crippen MR) is 84.7 cm³/mol. The van der Waals surface area contributed by atoms with Crippen LogP contribution in [0.1, 0.15) is 11.1 Å². The molecule has 0 aliphatic heterocycles. The van der Waals surface area contributed by atoms with E-state index in [0.29, 0.717) is 5.56 Å². The SMILES string of the molecule is C[Si](C)(C)c1c(F)c(F)c(OCc2ccccc2C#N)c(F)c1F. The number of hydrogen-bond donors (Lipinski definition) is 0. The molecule has 2 aromatic rings. The maximum absolute atomic E-state index is 14.2. The van der Waals surface area contributed by atoms with Gasteiger partial charge in [0, 0.05) is 10.8 Å². The van der Waals surface area contributed by atoms with Crippen molar-refractivity contribution in [2.45, 2.75) is 26.2 Å². The van der Waals surface area contributed by atoms with Crippen molar-refractivity contribution in [3.05, 3.63) is 58.7 Å². The van der Waals surface area contributed by atoms with E-state index in [0.717, 1.165) is 0 Å². The lowest BCUT2D eigenvalue weighted by Gasteiger charge is -2.20. The lowest BCUT2D eigenvalue weighted by molar-refractivity contribution is 0.262. The van der Waals surface area contributed by atoms with Crippen LogP contribution in [0.5, 0.6) is 5.75 Å². The Morgan fingerprint density at radius 1 is 0.958 bits per heavy atom. The maximum atomic E-state index is 14.2. The highest BCUT2D eigenvalue weighted by Gasteiger charge is 2.33. The topological polar surface area (TPSA) is 33.0 Å². The molecule has 0 bridgehead atoms. The van der Waals surface area contributed by atoms with E-state index in [4.69, 9.17) is 10.00 Å². The summed E-state index contributed by atoms with van der Waals surface area (Å²) in [5.74, 6) is -7.06. The predicted octanol–water partition coefficient (Wildman–Crippen LogP) is 4.24. The summed E-state index contributed by atoms with van der Waals surface area (Å²) in [7, 11) is -2.64. The molecule has 126 valence electrons. The van der Waals surface area contributed by atoms with Crippen LogP contribution >= 0.6 is 0 Å². The third-order valence-corrected chi connectivity index (χ3v) is 5.42. The Hall–Kier alpha value is -2.33. The van der Waals surface area contributed by atoms with E-state index >= 15 is 0 Å². The number of nitrogens with zero attached hydrogens (tertiary/aromatic N) is 1. The van der Waals surface area contributed by atoms with Crippen LogP contribution in [0.25, 0.3) is 0 Å². The van der Waals surface area contributed by atoms with E-state index < -0.39 is 42.3 Å². The molecule has 2 nitrogen and oxygen atoms in total. The zero-order valence-corrected chi connectivity index (χ0v) is 14.4. The van der Waals surface area contributed by atoms with Crippen molar-refractivity contribution in [3.63, 3.8) is 0 Å². The van der Waals surface area contributed by atoms with E-state index in [1.54, 1.807) is 31.8 Å². The smallest absolute Gasteiger partial charge is 0.203 e. The number of nitriles is 1. The number of benzene rings is 2. The van der Waals surface area contributed by atoms with Crippen LogP contribution in [0.2, 0.25) is 19.6 Å². The van der Waals surface area contributed by atoms with Crippen molar-refractivity contribution in [2.24, 2.45) is 0 Å². The summed E-state index contributed by atoms with van der Waals surface area (Å²) in [6.07, 6.45) is 0. The first-order chi connectivity index (χ1) is 11.2. The summed E-state index contributed by atoms with van der Waals surface area (Å²) in [4.78, 5) is 0. The highest BCUT2D eigenvalue weighted by Crippen LogP contribution is 2.28. The highest BCUT2D eigenvalue weighted by atomic mass is 28.3. The van der Waals surface area contributed by atoms with Gasteiger partial charge in [-0.15, -0.1) is 0 Å². The van der Waals surface area contributed by atoms with Crippen LogP contribution in [0.4, 0.5) is 17.6 Å². The van der Waals surface area contributed by atoms with Gasteiger partial charge < -0.3 is 4.74 Å². The molecule has 2 rings (SSSR count). The summed E-state index contributed by atoms with van der Waals surface area (Å²) in [5, 5.41) is 8.43. The Kier molecular flexibility index (Phi) is 4.99. The van der Waals surface area contributed by atoms with Crippen LogP contribution in [0.15, 0.2) is 24.3 Å². The first-order valence-corrected chi connectivity index (χ1v) is 10.7. The molecule has 0 aliphatic carbocycles. The van der Waals surface area contributed by atoms with Gasteiger partial charge in [0.15, 0.2) is 17.4 Å². The average Bonchev–Trinajstić information content (AvgIpc) is 2.52. The third kappa shape index (κ3) is 3.29. The summed E-state index contributed by atoms with van der Waals surface area (Å²) < 4.78 is 61.7. The Balaban J connectivity index is 2.44. The standard InChI is InChI=1S/C17H15F4NOSi/c1-24(2,3)17-14(20)12(18)16(13(19)15(17)21)23-9-11-7-5-4-6-10(11)8-22/h4-7H,9H2,1-3H3. The van der Waals surface area contributed by atoms with E-state index in [1.807, 2.05) is 6.07 Å². The molecule has 0 unspecified atom stereocenters. The molecule has 0 saturated heterocycles. The maximum Gasteiger partial charge on any atom is 0.203 e. The van der Waals surface area contributed by atoms with Crippen LogP contribution in [0, 0.1) is 34.6 Å². The van der Waals surface area contributed by atoms with Gasteiger partial charge in [-0.1, -0.05) is 37.8 Å². The first-order valence-electron chi connectivity index (χ1n) is 7.15. The molecule has 0 N–H and O–H groups in total. The van der Waals surface area contributed by atoms with Gasteiger partial charge in [0.2, 0.25) is 11.6 Å². The highest BCUT2D eigenvalue weighted by molar-refractivity contribution is 6.88. The first kappa shape index (κ1) is 18.0. The molecule has 0 atom stereocenters. The molecule has 2 aromatic carbocycles. The quantitative estimate of drug-likeness (QED) is 0.468. The monoisotopic (exact) mass is 353 g/mol. The number of rotatable bonds is 4. The zero-order chi connectivity index (χ0) is 18.1. The van der Waals surface area contributed by atoms with Crippen LogP contribution < -0.4 is 9.92 Å². The van der Waals surface area contributed by atoms with Crippen LogP contribution in [-0.2, 0) is 6.61 Å². The summed E-state index contributed by atoms with van der Waals surface area (Å²) in [5.41, 5.74) is 0.604. The van der Waals surface area contributed by atoms with Crippen molar-refractivity contribution in [1.29, 1.82) is 5.26 Å². The van der Waals surface area contributed by atoms with E-state index in [-0.39, 0.29) is 12.2 Å². The molecule has 0 saturated carbocycles. The molecule has 7 heteroatoms. The summed E-state index contributed by atoms with van der Waals surface area (Å²) >= 11 is 0. The molecule has 24 heavy (non-hydrogen) atoms. The average molecular weight is 353 g/mol. The molecule has 0 fully saturated rings. The lowest BCUT2D eigenvalue weighted by atomic mass is 10.1. The molecular formula is C17H15F4NOSi. The number of hydrogen-bond acceptors (Lipinski definition) is 2. The minimum absolute atomic E-state index is 0.248. The number of halogens is 4. The third-order valence-electron chi connectivity index (χ3n) is 3.48. The minimum Gasteiger partial charge on any atom is -0.483 e. The fourth-order valence-electron chi connectivity index (χ4n) is 2.30. The fraction of sp³-hybridized carbons (Fsp3) is 0.235. The largest absolute Gasteiger partial charge is 0.483 e.